The van der Waals surface area contributed by atoms with Crippen LogP contribution in [0, 0.1) is 0 Å². The maximum absolute atomic E-state index is 13.8. The van der Waals surface area contributed by atoms with Gasteiger partial charge in [-0.3, -0.25) is 14.5 Å². The molecule has 0 unspecified atom stereocenters. The van der Waals surface area contributed by atoms with E-state index in [-0.39, 0.29) is 5.91 Å². The summed E-state index contributed by atoms with van der Waals surface area (Å²) in [5.74, 6) is 0.787. The van der Waals surface area contributed by atoms with E-state index in [0.29, 0.717) is 45.0 Å². The quantitative estimate of drug-likeness (QED) is 0.282. The van der Waals surface area contributed by atoms with Gasteiger partial charge in [0, 0.05) is 44.5 Å². The second-order valence-electron chi connectivity index (χ2n) is 9.76. The van der Waals surface area contributed by atoms with E-state index in [4.69, 9.17) is 9.47 Å². The summed E-state index contributed by atoms with van der Waals surface area (Å²) in [6, 6.07) is 24.6. The molecule has 2 bridgehead atoms. The fourth-order valence-electron chi connectivity index (χ4n) is 4.96. The molecular formula is C32H30N4O3S. The molecule has 1 amide bonds. The lowest BCUT2D eigenvalue weighted by atomic mass is 9.98. The third-order valence-corrected chi connectivity index (χ3v) is 7.86. The third-order valence-electron chi connectivity index (χ3n) is 6.97. The van der Waals surface area contributed by atoms with Gasteiger partial charge in [-0.1, -0.05) is 42.5 Å². The molecule has 0 saturated carbocycles. The van der Waals surface area contributed by atoms with Crippen molar-refractivity contribution in [1.29, 1.82) is 0 Å². The maximum atomic E-state index is 13.8. The molecular weight excluding hydrogens is 520 g/mol. The zero-order valence-electron chi connectivity index (χ0n) is 22.3. The average Bonchev–Trinajstić information content (AvgIpc) is 3.65. The van der Waals surface area contributed by atoms with Crippen molar-refractivity contribution in [1.82, 2.24) is 19.7 Å². The summed E-state index contributed by atoms with van der Waals surface area (Å²) >= 11 is 1.61. The molecule has 0 aliphatic carbocycles. The Bertz CT molecular complexity index is 1600. The fourth-order valence-corrected chi connectivity index (χ4v) is 5.65. The number of aryl methyl sites for hydroxylation is 1. The molecule has 1 aliphatic rings. The van der Waals surface area contributed by atoms with E-state index in [1.165, 1.54) is 0 Å². The number of thiophene rings is 1. The predicted molar refractivity (Wildman–Crippen MR) is 156 cm³/mol. The molecule has 0 atom stereocenters. The molecule has 0 radical (unpaired) electrons. The molecule has 7 nitrogen and oxygen atoms in total. The smallest absolute Gasteiger partial charge is 0.272 e. The van der Waals surface area contributed by atoms with Gasteiger partial charge in [-0.15, -0.1) is 11.3 Å². The fraction of sp³-hybridized carbons (Fsp3) is 0.219. The second kappa shape index (κ2) is 11.9. The van der Waals surface area contributed by atoms with Gasteiger partial charge in [0.05, 0.1) is 18.1 Å². The molecule has 2 aromatic carbocycles. The number of pyridine rings is 1. The van der Waals surface area contributed by atoms with Crippen LogP contribution in [0.25, 0.3) is 21.7 Å². The van der Waals surface area contributed by atoms with E-state index in [1.54, 1.807) is 22.2 Å². The normalized spacial score (nSPS) is 14.2. The SMILES string of the molecule is Cn1nc(-c2cccs2)cc1C(=O)N1CCOCCOc2ccc(-c3cccnc3)cc2Cc2cccc(c2)C1. The Kier molecular flexibility index (Phi) is 7.70. The number of fused-ring (bicyclic) bond motifs is 3. The molecule has 0 spiro atoms. The van der Waals surface area contributed by atoms with Crippen LogP contribution in [0.5, 0.6) is 5.75 Å². The molecule has 0 saturated heterocycles. The van der Waals surface area contributed by atoms with Gasteiger partial charge >= 0.3 is 0 Å². The number of hydrogen-bond acceptors (Lipinski definition) is 6. The van der Waals surface area contributed by atoms with Crippen molar-refractivity contribution in [3.8, 4) is 27.4 Å². The number of rotatable bonds is 3. The van der Waals surface area contributed by atoms with Crippen LogP contribution in [0.4, 0.5) is 0 Å². The van der Waals surface area contributed by atoms with E-state index in [1.807, 2.05) is 53.9 Å². The first kappa shape index (κ1) is 26.0. The number of benzene rings is 2. The zero-order valence-corrected chi connectivity index (χ0v) is 23.1. The summed E-state index contributed by atoms with van der Waals surface area (Å²) in [4.78, 5) is 20.9. The first-order valence-corrected chi connectivity index (χ1v) is 14.2. The van der Waals surface area contributed by atoms with Crippen LogP contribution in [0.15, 0.2) is 90.6 Å². The molecule has 1 aliphatic heterocycles. The van der Waals surface area contributed by atoms with Crippen molar-refractivity contribution in [3.63, 3.8) is 0 Å². The third kappa shape index (κ3) is 5.83. The lowest BCUT2D eigenvalue weighted by Gasteiger charge is -2.24. The molecule has 0 fully saturated rings. The van der Waals surface area contributed by atoms with Gasteiger partial charge in [0.2, 0.25) is 0 Å². The number of nitrogens with zero attached hydrogens (tertiary/aromatic N) is 4. The van der Waals surface area contributed by atoms with Gasteiger partial charge in [0.15, 0.2) is 0 Å². The number of amides is 1. The molecule has 0 N–H and O–H groups in total. The highest BCUT2D eigenvalue weighted by atomic mass is 32.1. The van der Waals surface area contributed by atoms with Gasteiger partial charge in [-0.05, 0) is 58.0 Å². The average molecular weight is 551 g/mol. The van der Waals surface area contributed by atoms with Crippen molar-refractivity contribution in [2.45, 2.75) is 13.0 Å². The predicted octanol–water partition coefficient (Wildman–Crippen LogP) is 5.85. The first-order valence-electron chi connectivity index (χ1n) is 13.3. The van der Waals surface area contributed by atoms with Gasteiger partial charge < -0.3 is 14.4 Å². The van der Waals surface area contributed by atoms with Crippen molar-refractivity contribution in [2.24, 2.45) is 7.05 Å². The molecule has 6 rings (SSSR count). The van der Waals surface area contributed by atoms with Crippen molar-refractivity contribution in [3.05, 3.63) is 113 Å². The van der Waals surface area contributed by atoms with Crippen LogP contribution in [0.1, 0.15) is 27.2 Å². The van der Waals surface area contributed by atoms with E-state index < -0.39 is 0 Å². The lowest BCUT2D eigenvalue weighted by Crippen LogP contribution is -2.35. The van der Waals surface area contributed by atoms with Crippen LogP contribution in [0.3, 0.4) is 0 Å². The summed E-state index contributed by atoms with van der Waals surface area (Å²) in [5, 5.41) is 6.61. The Balaban J connectivity index is 1.29. The summed E-state index contributed by atoms with van der Waals surface area (Å²) < 4.78 is 13.7. The lowest BCUT2D eigenvalue weighted by molar-refractivity contribution is 0.0563. The summed E-state index contributed by atoms with van der Waals surface area (Å²) in [6.07, 6.45) is 4.36. The Hall–Kier alpha value is -4.27. The molecule has 40 heavy (non-hydrogen) atoms. The van der Waals surface area contributed by atoms with E-state index in [0.717, 1.165) is 44.1 Å². The Labute approximate surface area is 237 Å². The largest absolute Gasteiger partial charge is 0.491 e. The maximum Gasteiger partial charge on any atom is 0.272 e. The molecule has 5 aromatic rings. The van der Waals surface area contributed by atoms with Crippen molar-refractivity contribution >= 4 is 17.2 Å². The van der Waals surface area contributed by atoms with Crippen LogP contribution in [-0.4, -0.2) is 51.9 Å². The second-order valence-corrected chi connectivity index (χ2v) is 10.7. The van der Waals surface area contributed by atoms with Crippen LogP contribution in [-0.2, 0) is 24.8 Å². The van der Waals surface area contributed by atoms with Gasteiger partial charge in [0.25, 0.3) is 5.91 Å². The number of carbonyl (C=O) groups excluding carboxylic acids is 1. The van der Waals surface area contributed by atoms with E-state index in [9.17, 15) is 4.79 Å². The standard InChI is InChI=1S/C32H30N4O3S/c1-35-29(20-28(34-35)31-8-4-16-40-31)32(37)36-12-13-38-14-15-39-30-10-9-25(26-7-3-11-33-21-26)19-27(30)18-23-5-2-6-24(17-23)22-36/h2-11,16-17,19-21H,12-15,18,22H2,1H3. The molecule has 4 heterocycles. The highest BCUT2D eigenvalue weighted by Gasteiger charge is 2.22. The number of hydrogen-bond donors (Lipinski definition) is 0. The van der Waals surface area contributed by atoms with E-state index in [2.05, 4.69) is 52.5 Å². The molecule has 202 valence electrons. The minimum Gasteiger partial charge on any atom is -0.491 e. The monoisotopic (exact) mass is 550 g/mol. The minimum atomic E-state index is -0.0680. The Morgan fingerprint density at radius 2 is 1.85 bits per heavy atom. The van der Waals surface area contributed by atoms with Crippen LogP contribution >= 0.6 is 11.3 Å². The summed E-state index contributed by atoms with van der Waals surface area (Å²) in [5.41, 5.74) is 6.84. The van der Waals surface area contributed by atoms with E-state index >= 15 is 0 Å². The summed E-state index contributed by atoms with van der Waals surface area (Å²) in [6.45, 7) is 2.23. The molecule has 3 aromatic heterocycles. The van der Waals surface area contributed by atoms with Gasteiger partial charge in [-0.25, -0.2) is 0 Å². The van der Waals surface area contributed by atoms with Gasteiger partial charge in [-0.2, -0.15) is 5.10 Å². The zero-order chi connectivity index (χ0) is 27.3. The number of ether oxygens (including phenoxy) is 2. The Morgan fingerprint density at radius 3 is 2.70 bits per heavy atom. The van der Waals surface area contributed by atoms with Gasteiger partial charge in [0.1, 0.15) is 23.7 Å². The molecule has 8 heteroatoms. The van der Waals surface area contributed by atoms with Crippen LogP contribution in [0.2, 0.25) is 0 Å². The van der Waals surface area contributed by atoms with Crippen molar-refractivity contribution < 1.29 is 14.3 Å². The minimum absolute atomic E-state index is 0.0680. The number of carbonyl (C=O) groups is 1. The Morgan fingerprint density at radius 1 is 0.925 bits per heavy atom. The highest BCUT2D eigenvalue weighted by molar-refractivity contribution is 7.13. The van der Waals surface area contributed by atoms with Crippen LogP contribution < -0.4 is 4.74 Å². The summed E-state index contributed by atoms with van der Waals surface area (Å²) in [7, 11) is 1.82. The first-order chi connectivity index (χ1) is 19.6. The highest BCUT2D eigenvalue weighted by Crippen LogP contribution is 2.29. The topological polar surface area (TPSA) is 69.5 Å². The number of aromatic nitrogens is 3. The van der Waals surface area contributed by atoms with Crippen molar-refractivity contribution in [2.75, 3.05) is 26.4 Å².